The van der Waals surface area contributed by atoms with Gasteiger partial charge in [0.25, 0.3) is 0 Å². The molecule has 0 heterocycles. The summed E-state index contributed by atoms with van der Waals surface area (Å²) < 4.78 is 5.10. The van der Waals surface area contributed by atoms with E-state index in [2.05, 4.69) is 5.32 Å². The Labute approximate surface area is 106 Å². The van der Waals surface area contributed by atoms with Crippen LogP contribution in [0.15, 0.2) is 24.3 Å². The first-order chi connectivity index (χ1) is 8.21. The van der Waals surface area contributed by atoms with Crippen molar-refractivity contribution in [3.63, 3.8) is 0 Å². The largest absolute Gasteiger partial charge is 0.497 e. The number of nitrogens with two attached hydrogens (primary N) is 1. The minimum absolute atomic E-state index is 0.0157. The zero-order valence-electron chi connectivity index (χ0n) is 10.1. The van der Waals surface area contributed by atoms with E-state index in [9.17, 15) is 4.79 Å². The van der Waals surface area contributed by atoms with E-state index in [4.69, 9.17) is 10.5 Å². The number of benzene rings is 1. The number of nitrogens with one attached hydrogen (secondary N) is 1. The number of thioether (sulfide) groups is 1. The Bertz CT molecular complexity index is 354. The molecule has 0 radical (unpaired) electrons. The first kappa shape index (κ1) is 13.9. The number of hydrogen-bond acceptors (Lipinski definition) is 4. The van der Waals surface area contributed by atoms with Gasteiger partial charge in [0.15, 0.2) is 0 Å². The van der Waals surface area contributed by atoms with E-state index in [0.29, 0.717) is 12.3 Å². The zero-order chi connectivity index (χ0) is 12.7. The monoisotopic (exact) mass is 254 g/mol. The highest BCUT2D eigenvalue weighted by Gasteiger charge is 2.12. The highest BCUT2D eigenvalue weighted by atomic mass is 32.2. The maximum absolute atomic E-state index is 11.2. The van der Waals surface area contributed by atoms with Gasteiger partial charge in [-0.25, -0.2) is 0 Å². The lowest BCUT2D eigenvalue weighted by molar-refractivity contribution is -0.118. The summed E-state index contributed by atoms with van der Waals surface area (Å²) >= 11 is 1.54. The first-order valence-electron chi connectivity index (χ1n) is 5.37. The summed E-state index contributed by atoms with van der Waals surface area (Å²) in [6.07, 6.45) is 0. The van der Waals surface area contributed by atoms with E-state index in [1.807, 2.05) is 24.3 Å². The lowest BCUT2D eigenvalue weighted by Crippen LogP contribution is -2.21. The van der Waals surface area contributed by atoms with Gasteiger partial charge in [-0.15, -0.1) is 11.8 Å². The zero-order valence-corrected chi connectivity index (χ0v) is 10.9. The molecule has 1 rings (SSSR count). The van der Waals surface area contributed by atoms with Gasteiger partial charge in [0.05, 0.1) is 12.9 Å². The van der Waals surface area contributed by atoms with Gasteiger partial charge in [-0.05, 0) is 17.7 Å². The molecule has 0 saturated carbocycles. The highest BCUT2D eigenvalue weighted by molar-refractivity contribution is 8.00. The molecule has 0 aliphatic heterocycles. The summed E-state index contributed by atoms with van der Waals surface area (Å²) in [7, 11) is 3.27. The molecule has 1 unspecified atom stereocenters. The average Bonchev–Trinajstić information content (AvgIpc) is 2.39. The van der Waals surface area contributed by atoms with Crippen molar-refractivity contribution in [1.82, 2.24) is 5.32 Å². The van der Waals surface area contributed by atoms with E-state index < -0.39 is 0 Å². The van der Waals surface area contributed by atoms with E-state index in [1.165, 1.54) is 0 Å². The van der Waals surface area contributed by atoms with Gasteiger partial charge in [-0.1, -0.05) is 12.1 Å². The van der Waals surface area contributed by atoms with Crippen LogP contribution < -0.4 is 15.8 Å². The molecular formula is C12H18N2O2S. The fourth-order valence-electron chi connectivity index (χ4n) is 1.37. The molecule has 3 N–H and O–H groups in total. The Kier molecular flexibility index (Phi) is 5.86. The Hall–Kier alpha value is -1.20. The van der Waals surface area contributed by atoms with Gasteiger partial charge in [-0.3, -0.25) is 4.79 Å². The summed E-state index contributed by atoms with van der Waals surface area (Å²) in [5.74, 6) is 1.26. The lowest BCUT2D eigenvalue weighted by Gasteiger charge is -2.14. The van der Waals surface area contributed by atoms with Crippen molar-refractivity contribution in [2.75, 3.05) is 26.5 Å². The third-order valence-electron chi connectivity index (χ3n) is 2.40. The second kappa shape index (κ2) is 7.19. The number of ether oxygens (including phenoxy) is 1. The molecule has 0 bridgehead atoms. The van der Waals surface area contributed by atoms with Crippen molar-refractivity contribution in [3.05, 3.63) is 29.8 Å². The molecule has 1 aromatic carbocycles. The minimum Gasteiger partial charge on any atom is -0.497 e. The third-order valence-corrected chi connectivity index (χ3v) is 3.69. The van der Waals surface area contributed by atoms with Gasteiger partial charge in [-0.2, -0.15) is 0 Å². The predicted molar refractivity (Wildman–Crippen MR) is 71.3 cm³/mol. The van der Waals surface area contributed by atoms with Crippen LogP contribution in [0.4, 0.5) is 0 Å². The molecule has 0 aromatic heterocycles. The lowest BCUT2D eigenvalue weighted by atomic mass is 10.1. The molecule has 0 saturated heterocycles. The highest BCUT2D eigenvalue weighted by Crippen LogP contribution is 2.28. The Morgan fingerprint density at radius 2 is 2.12 bits per heavy atom. The molecule has 94 valence electrons. The summed E-state index contributed by atoms with van der Waals surface area (Å²) in [5.41, 5.74) is 6.83. The quantitative estimate of drug-likeness (QED) is 0.800. The van der Waals surface area contributed by atoms with Crippen LogP contribution in [0, 0.1) is 0 Å². The van der Waals surface area contributed by atoms with Crippen LogP contribution in [0.1, 0.15) is 10.8 Å². The predicted octanol–water partition coefficient (Wildman–Crippen LogP) is 1.17. The van der Waals surface area contributed by atoms with Crippen molar-refractivity contribution in [2.24, 2.45) is 5.73 Å². The maximum atomic E-state index is 11.2. The van der Waals surface area contributed by atoms with Gasteiger partial charge in [0.2, 0.25) is 5.91 Å². The molecule has 0 aliphatic rings. The maximum Gasteiger partial charge on any atom is 0.229 e. The number of carbonyl (C=O) groups excluding carboxylic acids is 1. The smallest absolute Gasteiger partial charge is 0.229 e. The molecule has 0 spiro atoms. The SMILES string of the molecule is CNC(=O)CSC(CN)c1ccc(OC)cc1. The molecule has 0 fully saturated rings. The van der Waals surface area contributed by atoms with Crippen LogP contribution in [0.25, 0.3) is 0 Å². The van der Waals surface area contributed by atoms with Crippen molar-refractivity contribution < 1.29 is 9.53 Å². The molecule has 17 heavy (non-hydrogen) atoms. The topological polar surface area (TPSA) is 64.4 Å². The standard InChI is InChI=1S/C12H18N2O2S/c1-14-12(15)8-17-11(7-13)9-3-5-10(16-2)6-4-9/h3-6,11H,7-8,13H2,1-2H3,(H,14,15). The van der Waals surface area contributed by atoms with Crippen LogP contribution in [-0.4, -0.2) is 32.4 Å². The number of methoxy groups -OCH3 is 1. The second-order valence-corrected chi connectivity index (χ2v) is 4.67. The second-order valence-electron chi connectivity index (χ2n) is 3.48. The Balaban J connectivity index is 2.62. The van der Waals surface area contributed by atoms with Crippen LogP contribution in [0.2, 0.25) is 0 Å². The Morgan fingerprint density at radius 1 is 1.47 bits per heavy atom. The van der Waals surface area contributed by atoms with Crippen molar-refractivity contribution >= 4 is 17.7 Å². The molecule has 4 nitrogen and oxygen atoms in total. The van der Waals surface area contributed by atoms with E-state index in [0.717, 1.165) is 11.3 Å². The summed E-state index contributed by atoms with van der Waals surface area (Å²) in [6, 6.07) is 7.76. The third kappa shape index (κ3) is 4.28. The van der Waals surface area contributed by atoms with Crippen LogP contribution >= 0.6 is 11.8 Å². The van der Waals surface area contributed by atoms with Crippen LogP contribution in [0.5, 0.6) is 5.75 Å². The molecular weight excluding hydrogens is 236 g/mol. The van der Waals surface area contributed by atoms with Gasteiger partial charge in [0, 0.05) is 18.8 Å². The molecule has 0 aliphatic carbocycles. The summed E-state index contributed by atoms with van der Waals surface area (Å²) in [5, 5.41) is 2.73. The van der Waals surface area contributed by atoms with E-state index in [-0.39, 0.29) is 11.2 Å². The van der Waals surface area contributed by atoms with Crippen molar-refractivity contribution in [1.29, 1.82) is 0 Å². The first-order valence-corrected chi connectivity index (χ1v) is 6.42. The fraction of sp³-hybridized carbons (Fsp3) is 0.417. The number of rotatable bonds is 6. The van der Waals surface area contributed by atoms with Crippen molar-refractivity contribution in [2.45, 2.75) is 5.25 Å². The normalized spacial score (nSPS) is 11.9. The summed E-state index contributed by atoms with van der Waals surface area (Å²) in [4.78, 5) is 11.2. The molecule has 1 amide bonds. The van der Waals surface area contributed by atoms with E-state index in [1.54, 1.807) is 25.9 Å². The van der Waals surface area contributed by atoms with Crippen LogP contribution in [-0.2, 0) is 4.79 Å². The number of carbonyl (C=O) groups is 1. The Morgan fingerprint density at radius 3 is 2.59 bits per heavy atom. The van der Waals surface area contributed by atoms with Gasteiger partial charge >= 0.3 is 0 Å². The van der Waals surface area contributed by atoms with Gasteiger partial charge < -0.3 is 15.8 Å². The van der Waals surface area contributed by atoms with E-state index >= 15 is 0 Å². The number of amides is 1. The average molecular weight is 254 g/mol. The van der Waals surface area contributed by atoms with Gasteiger partial charge in [0.1, 0.15) is 5.75 Å². The molecule has 1 atom stereocenters. The fourth-order valence-corrected chi connectivity index (χ4v) is 2.35. The number of hydrogen-bond donors (Lipinski definition) is 2. The molecule has 5 heteroatoms. The summed E-state index contributed by atoms with van der Waals surface area (Å²) in [6.45, 7) is 0.508. The van der Waals surface area contributed by atoms with Crippen molar-refractivity contribution in [3.8, 4) is 5.75 Å². The molecule has 1 aromatic rings. The van der Waals surface area contributed by atoms with Crippen LogP contribution in [0.3, 0.4) is 0 Å². The minimum atomic E-state index is 0.0157.